The van der Waals surface area contributed by atoms with Crippen LogP contribution in [0, 0.1) is 0 Å². The molecule has 3 nitrogen and oxygen atoms in total. The number of nitrogens with one attached hydrogen (secondary N) is 1. The molecule has 1 aliphatic rings. The van der Waals surface area contributed by atoms with Gasteiger partial charge in [0.2, 0.25) is 0 Å². The van der Waals surface area contributed by atoms with Crippen LogP contribution in [-0.2, 0) is 6.42 Å². The number of hydrogen-bond donors (Lipinski definition) is 1. The fraction of sp³-hybridized carbons (Fsp3) is 0.421. The normalized spacial score (nSPS) is 15.5. The third-order valence-electron chi connectivity index (χ3n) is 4.22. The van der Waals surface area contributed by atoms with Gasteiger partial charge >= 0.3 is 0 Å². The molecule has 2 aromatic carbocycles. The summed E-state index contributed by atoms with van der Waals surface area (Å²) in [5.41, 5.74) is 1.36. The molecule has 22 heavy (non-hydrogen) atoms. The lowest BCUT2D eigenvalue weighted by Crippen LogP contribution is -2.39. The minimum atomic E-state index is 0.844. The fourth-order valence-electron chi connectivity index (χ4n) is 3.04. The number of benzene rings is 2. The molecule has 1 fully saturated rings. The van der Waals surface area contributed by atoms with Crippen molar-refractivity contribution in [2.45, 2.75) is 26.2 Å². The minimum Gasteiger partial charge on any atom is -0.357 e. The third kappa shape index (κ3) is 3.59. The maximum atomic E-state index is 4.80. The molecule has 0 spiro atoms. The molecule has 0 bridgehead atoms. The molecule has 1 N–H and O–H groups in total. The number of nitrogens with zero attached hydrogens (tertiary/aromatic N) is 2. The molecule has 0 atom stereocenters. The van der Waals surface area contributed by atoms with E-state index in [1.807, 2.05) is 0 Å². The lowest BCUT2D eigenvalue weighted by atomic mass is 10.1. The Morgan fingerprint density at radius 3 is 2.64 bits per heavy atom. The van der Waals surface area contributed by atoms with Gasteiger partial charge in [-0.1, -0.05) is 42.5 Å². The van der Waals surface area contributed by atoms with Crippen molar-refractivity contribution in [3.8, 4) is 0 Å². The first-order valence-corrected chi connectivity index (χ1v) is 8.38. The Morgan fingerprint density at radius 2 is 1.86 bits per heavy atom. The van der Waals surface area contributed by atoms with E-state index in [1.165, 1.54) is 29.2 Å². The van der Waals surface area contributed by atoms with Crippen molar-refractivity contribution in [2.24, 2.45) is 4.99 Å². The second-order valence-electron chi connectivity index (χ2n) is 5.86. The molecule has 1 saturated heterocycles. The Hall–Kier alpha value is -2.03. The van der Waals surface area contributed by atoms with Gasteiger partial charge in [0.15, 0.2) is 5.96 Å². The molecule has 1 heterocycles. The summed E-state index contributed by atoms with van der Waals surface area (Å²) in [5, 5.41) is 6.04. The van der Waals surface area contributed by atoms with Gasteiger partial charge < -0.3 is 10.2 Å². The lowest BCUT2D eigenvalue weighted by Gasteiger charge is -2.20. The predicted octanol–water partition coefficient (Wildman–Crippen LogP) is 3.44. The summed E-state index contributed by atoms with van der Waals surface area (Å²) >= 11 is 0. The van der Waals surface area contributed by atoms with Crippen LogP contribution in [0.25, 0.3) is 10.8 Å². The SMILES string of the molecule is CCNC(=NCCc1ccc2ccccc2c1)N1CCCC1. The molecule has 1 aliphatic heterocycles. The molecule has 116 valence electrons. The Morgan fingerprint density at radius 1 is 1.09 bits per heavy atom. The standard InChI is InChI=1S/C19H25N3/c1-2-20-19(22-13-5-6-14-22)21-12-11-16-9-10-17-7-3-4-8-18(17)15-16/h3-4,7-10,15H,2,5-6,11-14H2,1H3,(H,20,21). The maximum Gasteiger partial charge on any atom is 0.193 e. The summed E-state index contributed by atoms with van der Waals surface area (Å²) in [7, 11) is 0. The van der Waals surface area contributed by atoms with Crippen molar-refractivity contribution < 1.29 is 0 Å². The quantitative estimate of drug-likeness (QED) is 0.691. The second-order valence-corrected chi connectivity index (χ2v) is 5.86. The van der Waals surface area contributed by atoms with Crippen LogP contribution < -0.4 is 5.32 Å². The van der Waals surface area contributed by atoms with Gasteiger partial charge in [0, 0.05) is 26.2 Å². The van der Waals surface area contributed by atoms with Gasteiger partial charge in [-0.05, 0) is 42.5 Å². The highest BCUT2D eigenvalue weighted by atomic mass is 15.3. The first kappa shape index (κ1) is 14.9. The van der Waals surface area contributed by atoms with Crippen LogP contribution in [0.5, 0.6) is 0 Å². The van der Waals surface area contributed by atoms with Crippen molar-refractivity contribution in [2.75, 3.05) is 26.2 Å². The van der Waals surface area contributed by atoms with Crippen molar-refractivity contribution in [3.63, 3.8) is 0 Å². The number of guanidine groups is 1. The van der Waals surface area contributed by atoms with Crippen molar-refractivity contribution >= 4 is 16.7 Å². The zero-order valence-electron chi connectivity index (χ0n) is 13.4. The van der Waals surface area contributed by atoms with Crippen molar-refractivity contribution in [1.29, 1.82) is 0 Å². The van der Waals surface area contributed by atoms with E-state index < -0.39 is 0 Å². The van der Waals surface area contributed by atoms with E-state index in [-0.39, 0.29) is 0 Å². The van der Waals surface area contributed by atoms with Gasteiger partial charge in [0.25, 0.3) is 0 Å². The fourth-order valence-corrected chi connectivity index (χ4v) is 3.04. The van der Waals surface area contributed by atoms with Gasteiger partial charge in [-0.25, -0.2) is 0 Å². The van der Waals surface area contributed by atoms with Crippen LogP contribution >= 0.6 is 0 Å². The Bertz CT molecular complexity index is 642. The number of fused-ring (bicyclic) bond motifs is 1. The number of hydrogen-bond acceptors (Lipinski definition) is 1. The van der Waals surface area contributed by atoms with Crippen LogP contribution in [0.15, 0.2) is 47.5 Å². The lowest BCUT2D eigenvalue weighted by molar-refractivity contribution is 0.494. The molecule has 0 aromatic heterocycles. The minimum absolute atomic E-state index is 0.844. The Kier molecular flexibility index (Phi) is 4.94. The van der Waals surface area contributed by atoms with E-state index in [1.54, 1.807) is 0 Å². The number of likely N-dealkylation sites (tertiary alicyclic amines) is 1. The van der Waals surface area contributed by atoms with Crippen molar-refractivity contribution in [1.82, 2.24) is 10.2 Å². The summed E-state index contributed by atoms with van der Waals surface area (Å²) in [6.45, 7) is 6.20. The third-order valence-corrected chi connectivity index (χ3v) is 4.22. The highest BCUT2D eigenvalue weighted by Crippen LogP contribution is 2.16. The van der Waals surface area contributed by atoms with Crippen molar-refractivity contribution in [3.05, 3.63) is 48.0 Å². The summed E-state index contributed by atoms with van der Waals surface area (Å²) in [6, 6.07) is 15.2. The van der Waals surface area contributed by atoms with E-state index in [9.17, 15) is 0 Å². The number of rotatable bonds is 4. The van der Waals surface area contributed by atoms with Crippen LogP contribution in [0.3, 0.4) is 0 Å². The second kappa shape index (κ2) is 7.30. The molecule has 3 rings (SSSR count). The average Bonchev–Trinajstić information content (AvgIpc) is 3.08. The van der Waals surface area contributed by atoms with Gasteiger partial charge in [0.05, 0.1) is 0 Å². The predicted molar refractivity (Wildman–Crippen MR) is 94.4 cm³/mol. The highest BCUT2D eigenvalue weighted by Gasteiger charge is 2.15. The Balaban J connectivity index is 1.65. The van der Waals surface area contributed by atoms with E-state index >= 15 is 0 Å². The first-order chi connectivity index (χ1) is 10.9. The molecule has 3 heteroatoms. The van der Waals surface area contributed by atoms with Gasteiger partial charge in [-0.3, -0.25) is 4.99 Å². The smallest absolute Gasteiger partial charge is 0.193 e. The van der Waals surface area contributed by atoms with Crippen LogP contribution in [-0.4, -0.2) is 37.0 Å². The molecule has 0 amide bonds. The Labute approximate surface area is 133 Å². The molecular formula is C19H25N3. The summed E-state index contributed by atoms with van der Waals surface area (Å²) in [6.07, 6.45) is 3.57. The van der Waals surface area contributed by atoms with E-state index in [0.29, 0.717) is 0 Å². The zero-order chi connectivity index (χ0) is 15.2. The monoisotopic (exact) mass is 295 g/mol. The van der Waals surface area contributed by atoms with E-state index in [4.69, 9.17) is 4.99 Å². The van der Waals surface area contributed by atoms with Crippen LogP contribution in [0.1, 0.15) is 25.3 Å². The van der Waals surface area contributed by atoms with Gasteiger partial charge in [0.1, 0.15) is 0 Å². The van der Waals surface area contributed by atoms with Crippen LogP contribution in [0.4, 0.5) is 0 Å². The zero-order valence-corrected chi connectivity index (χ0v) is 13.4. The van der Waals surface area contributed by atoms with E-state index in [2.05, 4.69) is 59.6 Å². The average molecular weight is 295 g/mol. The summed E-state index contributed by atoms with van der Waals surface area (Å²) in [5.74, 6) is 1.08. The van der Waals surface area contributed by atoms with E-state index in [0.717, 1.165) is 38.6 Å². The number of aliphatic imine (C=N–C) groups is 1. The van der Waals surface area contributed by atoms with Gasteiger partial charge in [-0.15, -0.1) is 0 Å². The van der Waals surface area contributed by atoms with Gasteiger partial charge in [-0.2, -0.15) is 0 Å². The highest BCUT2D eigenvalue weighted by molar-refractivity contribution is 5.83. The topological polar surface area (TPSA) is 27.6 Å². The molecule has 0 radical (unpaired) electrons. The largest absolute Gasteiger partial charge is 0.357 e. The molecule has 0 aliphatic carbocycles. The molecule has 0 saturated carbocycles. The maximum absolute atomic E-state index is 4.80. The molecular weight excluding hydrogens is 270 g/mol. The first-order valence-electron chi connectivity index (χ1n) is 8.38. The summed E-state index contributed by atoms with van der Waals surface area (Å²) < 4.78 is 0. The summed E-state index contributed by atoms with van der Waals surface area (Å²) in [4.78, 5) is 7.18. The molecule has 0 unspecified atom stereocenters. The van der Waals surface area contributed by atoms with Crippen LogP contribution in [0.2, 0.25) is 0 Å². The molecule has 2 aromatic rings.